The van der Waals surface area contributed by atoms with Crippen molar-refractivity contribution in [1.82, 2.24) is 20.2 Å². The number of urea groups is 1. The van der Waals surface area contributed by atoms with Crippen molar-refractivity contribution in [2.45, 2.75) is 56.5 Å². The second-order valence-electron chi connectivity index (χ2n) is 7.75. The zero-order valence-corrected chi connectivity index (χ0v) is 18.1. The number of para-hydroxylation sites is 1. The highest BCUT2D eigenvalue weighted by atomic mass is 32.2. The standard InChI is InChI=1S/C21H28N4O3S/c1-12-8-7-11-17(13(12)2)25-19(27)15-9-5-6-10-16(15)23-21(25)29-14(3)18(26)24-20(28)22-4/h5-6,9-10,12-14,17H,7-8,11H2,1-4H3,(H2,22,24,26,28)/t12-,13+,14-,17-/m0/s1. The van der Waals surface area contributed by atoms with Crippen molar-refractivity contribution in [2.75, 3.05) is 7.05 Å². The molecule has 0 bridgehead atoms. The summed E-state index contributed by atoms with van der Waals surface area (Å²) in [5.41, 5.74) is 0.551. The largest absolute Gasteiger partial charge is 0.341 e. The van der Waals surface area contributed by atoms with Crippen molar-refractivity contribution in [3.8, 4) is 0 Å². The van der Waals surface area contributed by atoms with Crippen LogP contribution in [0.1, 0.15) is 46.1 Å². The van der Waals surface area contributed by atoms with Gasteiger partial charge in [0, 0.05) is 13.1 Å². The summed E-state index contributed by atoms with van der Waals surface area (Å²) in [6, 6.07) is 6.79. The lowest BCUT2D eigenvalue weighted by Crippen LogP contribution is -2.41. The summed E-state index contributed by atoms with van der Waals surface area (Å²) in [6.45, 7) is 6.12. The minimum absolute atomic E-state index is 0.0417. The monoisotopic (exact) mass is 416 g/mol. The van der Waals surface area contributed by atoms with E-state index in [0.717, 1.165) is 19.3 Å². The number of aromatic nitrogens is 2. The highest BCUT2D eigenvalue weighted by molar-refractivity contribution is 8.00. The molecule has 0 aliphatic heterocycles. The Morgan fingerprint density at radius 3 is 2.69 bits per heavy atom. The predicted octanol–water partition coefficient (Wildman–Crippen LogP) is 3.33. The summed E-state index contributed by atoms with van der Waals surface area (Å²) >= 11 is 1.22. The summed E-state index contributed by atoms with van der Waals surface area (Å²) in [6.07, 6.45) is 3.13. The molecule has 1 heterocycles. The van der Waals surface area contributed by atoms with Crippen LogP contribution in [0.15, 0.2) is 34.2 Å². The Bertz CT molecular complexity index is 974. The third kappa shape index (κ3) is 4.47. The highest BCUT2D eigenvalue weighted by Crippen LogP contribution is 2.39. The van der Waals surface area contributed by atoms with Gasteiger partial charge in [-0.15, -0.1) is 0 Å². The van der Waals surface area contributed by atoms with Crippen LogP contribution in [0.3, 0.4) is 0 Å². The summed E-state index contributed by atoms with van der Waals surface area (Å²) in [5, 5.41) is 5.20. The number of nitrogens with one attached hydrogen (secondary N) is 2. The molecule has 0 radical (unpaired) electrons. The number of thioether (sulfide) groups is 1. The number of nitrogens with zero attached hydrogens (tertiary/aromatic N) is 2. The van der Waals surface area contributed by atoms with Gasteiger partial charge in [-0.2, -0.15) is 0 Å². The molecule has 3 amide bonds. The molecule has 2 N–H and O–H groups in total. The number of carbonyl (C=O) groups excluding carboxylic acids is 2. The van der Waals surface area contributed by atoms with Gasteiger partial charge in [-0.1, -0.05) is 50.6 Å². The normalized spacial score (nSPS) is 22.8. The number of amides is 3. The van der Waals surface area contributed by atoms with Gasteiger partial charge in [0.2, 0.25) is 5.91 Å². The molecule has 1 aliphatic carbocycles. The Morgan fingerprint density at radius 1 is 1.24 bits per heavy atom. The van der Waals surface area contributed by atoms with Crippen LogP contribution < -0.4 is 16.2 Å². The van der Waals surface area contributed by atoms with Gasteiger partial charge in [0.1, 0.15) is 0 Å². The van der Waals surface area contributed by atoms with Crippen molar-refractivity contribution >= 4 is 34.6 Å². The first-order valence-electron chi connectivity index (χ1n) is 10.0. The maximum absolute atomic E-state index is 13.4. The van der Waals surface area contributed by atoms with Crippen LogP contribution in [0.5, 0.6) is 0 Å². The number of carbonyl (C=O) groups is 2. The number of fused-ring (bicyclic) bond motifs is 1. The van der Waals surface area contributed by atoms with E-state index in [0.29, 0.717) is 27.9 Å². The Labute approximate surface area is 174 Å². The molecule has 29 heavy (non-hydrogen) atoms. The van der Waals surface area contributed by atoms with E-state index < -0.39 is 17.2 Å². The first-order chi connectivity index (χ1) is 13.8. The van der Waals surface area contributed by atoms with Gasteiger partial charge in [0.25, 0.3) is 5.56 Å². The van der Waals surface area contributed by atoms with E-state index in [9.17, 15) is 14.4 Å². The Kier molecular flexibility index (Phi) is 6.62. The van der Waals surface area contributed by atoms with Crippen molar-refractivity contribution in [3.05, 3.63) is 34.6 Å². The van der Waals surface area contributed by atoms with E-state index in [1.807, 2.05) is 18.2 Å². The molecule has 4 atom stereocenters. The lowest BCUT2D eigenvalue weighted by molar-refractivity contribution is -0.119. The van der Waals surface area contributed by atoms with Crippen LogP contribution in [-0.2, 0) is 4.79 Å². The van der Waals surface area contributed by atoms with Crippen LogP contribution in [0.2, 0.25) is 0 Å². The molecule has 2 aromatic rings. The van der Waals surface area contributed by atoms with Crippen LogP contribution in [0, 0.1) is 11.8 Å². The Hall–Kier alpha value is -2.35. The average Bonchev–Trinajstić information content (AvgIpc) is 2.70. The van der Waals surface area contributed by atoms with E-state index in [1.165, 1.54) is 18.8 Å². The van der Waals surface area contributed by atoms with Gasteiger partial charge in [0.05, 0.1) is 16.2 Å². The Balaban J connectivity index is 2.04. The molecule has 1 saturated carbocycles. The smallest absolute Gasteiger partial charge is 0.321 e. The number of benzene rings is 1. The molecule has 0 unspecified atom stereocenters. The molecule has 7 nitrogen and oxygen atoms in total. The molecule has 0 saturated heterocycles. The molecule has 3 rings (SSSR count). The zero-order chi connectivity index (χ0) is 21.1. The maximum atomic E-state index is 13.4. The van der Waals surface area contributed by atoms with Crippen molar-refractivity contribution in [3.63, 3.8) is 0 Å². The van der Waals surface area contributed by atoms with Gasteiger partial charge in [-0.3, -0.25) is 19.5 Å². The number of hydrogen-bond donors (Lipinski definition) is 2. The summed E-state index contributed by atoms with van der Waals surface area (Å²) in [4.78, 5) is 42.0. The molecule has 1 aliphatic rings. The van der Waals surface area contributed by atoms with E-state index in [4.69, 9.17) is 4.98 Å². The summed E-state index contributed by atoms with van der Waals surface area (Å²) in [7, 11) is 1.45. The molecular weight excluding hydrogens is 388 g/mol. The molecule has 156 valence electrons. The topological polar surface area (TPSA) is 93.1 Å². The van der Waals surface area contributed by atoms with Gasteiger partial charge in [0.15, 0.2) is 5.16 Å². The van der Waals surface area contributed by atoms with E-state index in [2.05, 4.69) is 24.5 Å². The minimum atomic E-state index is -0.581. The second-order valence-corrected chi connectivity index (χ2v) is 9.06. The van der Waals surface area contributed by atoms with Gasteiger partial charge in [-0.05, 0) is 37.3 Å². The number of imide groups is 1. The SMILES string of the molecule is CNC(=O)NC(=O)[C@H](C)Sc1nc2ccccc2c(=O)n1[C@H]1CCC[C@H](C)[C@H]1C. The van der Waals surface area contributed by atoms with Crippen LogP contribution in [-0.4, -0.2) is 33.8 Å². The fourth-order valence-electron chi connectivity index (χ4n) is 3.91. The first-order valence-corrected chi connectivity index (χ1v) is 10.9. The molecule has 1 aromatic carbocycles. The van der Waals surface area contributed by atoms with Gasteiger partial charge in [-0.25, -0.2) is 9.78 Å². The lowest BCUT2D eigenvalue weighted by atomic mass is 9.78. The zero-order valence-electron chi connectivity index (χ0n) is 17.3. The van der Waals surface area contributed by atoms with Crippen molar-refractivity contribution in [1.29, 1.82) is 0 Å². The quantitative estimate of drug-likeness (QED) is 0.589. The number of hydrogen-bond acceptors (Lipinski definition) is 5. The van der Waals surface area contributed by atoms with Crippen LogP contribution in [0.25, 0.3) is 10.9 Å². The Morgan fingerprint density at radius 2 is 1.97 bits per heavy atom. The summed E-state index contributed by atoms with van der Waals surface area (Å²) < 4.78 is 1.79. The van der Waals surface area contributed by atoms with Crippen molar-refractivity contribution in [2.24, 2.45) is 11.8 Å². The molecule has 1 aromatic heterocycles. The van der Waals surface area contributed by atoms with Crippen LogP contribution in [0.4, 0.5) is 4.79 Å². The van der Waals surface area contributed by atoms with E-state index in [-0.39, 0.29) is 11.6 Å². The molecule has 1 fully saturated rings. The third-order valence-electron chi connectivity index (χ3n) is 5.89. The summed E-state index contributed by atoms with van der Waals surface area (Å²) in [5.74, 6) is 0.422. The molecule has 8 heteroatoms. The minimum Gasteiger partial charge on any atom is -0.341 e. The first kappa shape index (κ1) is 21.4. The van der Waals surface area contributed by atoms with Gasteiger partial charge >= 0.3 is 6.03 Å². The average molecular weight is 417 g/mol. The fourth-order valence-corrected chi connectivity index (χ4v) is 4.87. The second kappa shape index (κ2) is 8.98. The van der Waals surface area contributed by atoms with E-state index >= 15 is 0 Å². The number of rotatable bonds is 4. The van der Waals surface area contributed by atoms with Crippen molar-refractivity contribution < 1.29 is 9.59 Å². The van der Waals surface area contributed by atoms with Crippen LogP contribution >= 0.6 is 11.8 Å². The van der Waals surface area contributed by atoms with E-state index in [1.54, 1.807) is 17.6 Å². The molecule has 0 spiro atoms. The van der Waals surface area contributed by atoms with Gasteiger partial charge < -0.3 is 5.32 Å². The maximum Gasteiger partial charge on any atom is 0.321 e. The third-order valence-corrected chi connectivity index (χ3v) is 6.95. The highest BCUT2D eigenvalue weighted by Gasteiger charge is 2.32. The molecular formula is C21H28N4O3S. The predicted molar refractivity (Wildman–Crippen MR) is 115 cm³/mol. The fraction of sp³-hybridized carbons (Fsp3) is 0.524. The lowest BCUT2D eigenvalue weighted by Gasteiger charge is -2.36.